The molecule has 1 aromatic carbocycles. The maximum Gasteiger partial charge on any atom is 0.0309 e. The van der Waals surface area contributed by atoms with Crippen LogP contribution in [-0.4, -0.2) is 30.1 Å². The van der Waals surface area contributed by atoms with Crippen molar-refractivity contribution in [1.82, 2.24) is 10.2 Å². The zero-order valence-corrected chi connectivity index (χ0v) is 11.2. The number of likely N-dealkylation sites (tertiary alicyclic amines) is 1. The molecule has 1 heterocycles. The van der Waals surface area contributed by atoms with E-state index >= 15 is 0 Å². The maximum absolute atomic E-state index is 3.47. The van der Waals surface area contributed by atoms with Gasteiger partial charge < -0.3 is 5.32 Å². The molecule has 0 aliphatic carbocycles. The minimum atomic E-state index is 0.239. The number of piperidine rings is 1. The van der Waals surface area contributed by atoms with Gasteiger partial charge in [-0.3, -0.25) is 4.90 Å². The fourth-order valence-corrected chi connectivity index (χ4v) is 2.93. The van der Waals surface area contributed by atoms with Crippen LogP contribution in [0.3, 0.4) is 0 Å². The molecule has 94 valence electrons. The molecule has 1 atom stereocenters. The number of hydrogen-bond donors (Lipinski definition) is 1. The van der Waals surface area contributed by atoms with Gasteiger partial charge in [0.05, 0.1) is 0 Å². The number of likely N-dealkylation sites (N-methyl/N-ethyl adjacent to an activating group) is 1. The second-order valence-electron chi connectivity index (χ2n) is 5.54. The lowest BCUT2D eigenvalue weighted by atomic mass is 9.84. The van der Waals surface area contributed by atoms with Gasteiger partial charge in [-0.25, -0.2) is 0 Å². The van der Waals surface area contributed by atoms with Crippen molar-refractivity contribution < 1.29 is 0 Å². The van der Waals surface area contributed by atoms with Crippen LogP contribution < -0.4 is 5.32 Å². The van der Waals surface area contributed by atoms with E-state index in [9.17, 15) is 0 Å². The summed E-state index contributed by atoms with van der Waals surface area (Å²) < 4.78 is 0. The molecule has 1 aliphatic heterocycles. The van der Waals surface area contributed by atoms with E-state index in [2.05, 4.69) is 61.4 Å². The van der Waals surface area contributed by atoms with Gasteiger partial charge in [-0.2, -0.15) is 0 Å². The van der Waals surface area contributed by atoms with Crippen LogP contribution in [0.25, 0.3) is 0 Å². The molecule has 0 spiro atoms. The van der Waals surface area contributed by atoms with Crippen molar-refractivity contribution in [3.63, 3.8) is 0 Å². The lowest BCUT2D eigenvalue weighted by molar-refractivity contribution is 0.0387. The summed E-state index contributed by atoms with van der Waals surface area (Å²) in [4.78, 5) is 2.60. The monoisotopic (exact) mass is 232 g/mol. The first kappa shape index (κ1) is 12.6. The smallest absolute Gasteiger partial charge is 0.0309 e. The van der Waals surface area contributed by atoms with Gasteiger partial charge in [0.25, 0.3) is 0 Å². The molecule has 0 bridgehead atoms. The number of nitrogens with one attached hydrogen (secondary N) is 1. The van der Waals surface area contributed by atoms with Crippen molar-refractivity contribution in [2.45, 2.75) is 44.8 Å². The molecular weight excluding hydrogens is 208 g/mol. The molecule has 17 heavy (non-hydrogen) atoms. The fraction of sp³-hybridized carbons (Fsp3) is 0.600. The standard InChI is InChI=1S/C15H24N2/c1-15(2)14(16-3)10-7-11-17(15)12-13-8-5-4-6-9-13/h4-6,8-9,14,16H,7,10-12H2,1-3H3. The van der Waals surface area contributed by atoms with Crippen LogP contribution in [-0.2, 0) is 6.54 Å². The largest absolute Gasteiger partial charge is 0.315 e. The quantitative estimate of drug-likeness (QED) is 0.862. The van der Waals surface area contributed by atoms with Crippen molar-refractivity contribution in [3.05, 3.63) is 35.9 Å². The van der Waals surface area contributed by atoms with Gasteiger partial charge in [-0.1, -0.05) is 30.3 Å². The van der Waals surface area contributed by atoms with Crippen LogP contribution in [0, 0.1) is 0 Å². The lowest BCUT2D eigenvalue weighted by Crippen LogP contribution is -2.59. The summed E-state index contributed by atoms with van der Waals surface area (Å²) in [5.74, 6) is 0. The van der Waals surface area contributed by atoms with E-state index in [0.29, 0.717) is 6.04 Å². The van der Waals surface area contributed by atoms with Crippen molar-refractivity contribution in [2.75, 3.05) is 13.6 Å². The molecule has 0 amide bonds. The summed E-state index contributed by atoms with van der Waals surface area (Å²) in [6.45, 7) is 6.98. The average molecular weight is 232 g/mol. The third-order valence-electron chi connectivity index (χ3n) is 4.15. The topological polar surface area (TPSA) is 15.3 Å². The highest BCUT2D eigenvalue weighted by Crippen LogP contribution is 2.29. The summed E-state index contributed by atoms with van der Waals surface area (Å²) in [5.41, 5.74) is 1.65. The molecule has 1 saturated heterocycles. The van der Waals surface area contributed by atoms with Crippen LogP contribution in [0.15, 0.2) is 30.3 Å². The molecule has 1 aliphatic rings. The first-order valence-electron chi connectivity index (χ1n) is 6.61. The van der Waals surface area contributed by atoms with Gasteiger partial charge in [0.15, 0.2) is 0 Å². The minimum absolute atomic E-state index is 0.239. The molecule has 2 heteroatoms. The number of hydrogen-bond acceptors (Lipinski definition) is 2. The second-order valence-corrected chi connectivity index (χ2v) is 5.54. The van der Waals surface area contributed by atoms with E-state index in [1.165, 1.54) is 24.9 Å². The second kappa shape index (κ2) is 5.19. The zero-order chi connectivity index (χ0) is 12.3. The van der Waals surface area contributed by atoms with E-state index in [4.69, 9.17) is 0 Å². The highest BCUT2D eigenvalue weighted by Gasteiger charge is 2.37. The van der Waals surface area contributed by atoms with Crippen LogP contribution >= 0.6 is 0 Å². The molecule has 1 aromatic rings. The summed E-state index contributed by atoms with van der Waals surface area (Å²) in [5, 5.41) is 3.47. The Hall–Kier alpha value is -0.860. The molecule has 0 aromatic heterocycles. The highest BCUT2D eigenvalue weighted by molar-refractivity contribution is 5.15. The van der Waals surface area contributed by atoms with Crippen LogP contribution in [0.4, 0.5) is 0 Å². The zero-order valence-electron chi connectivity index (χ0n) is 11.2. The van der Waals surface area contributed by atoms with Gasteiger partial charge in [-0.05, 0) is 45.8 Å². The fourth-order valence-electron chi connectivity index (χ4n) is 2.93. The Bertz CT molecular complexity index is 345. The Kier molecular flexibility index (Phi) is 3.85. The highest BCUT2D eigenvalue weighted by atomic mass is 15.2. The van der Waals surface area contributed by atoms with Crippen LogP contribution in [0.2, 0.25) is 0 Å². The van der Waals surface area contributed by atoms with Crippen LogP contribution in [0.5, 0.6) is 0 Å². The Morgan fingerprint density at radius 1 is 1.29 bits per heavy atom. The van der Waals surface area contributed by atoms with Crippen molar-refractivity contribution >= 4 is 0 Å². The van der Waals surface area contributed by atoms with Gasteiger partial charge in [0.2, 0.25) is 0 Å². The molecule has 0 saturated carbocycles. The van der Waals surface area contributed by atoms with Gasteiger partial charge in [0, 0.05) is 18.1 Å². The third-order valence-corrected chi connectivity index (χ3v) is 4.15. The Morgan fingerprint density at radius 3 is 2.65 bits per heavy atom. The molecule has 1 fully saturated rings. The summed E-state index contributed by atoms with van der Waals surface area (Å²) in [6.07, 6.45) is 2.58. The Morgan fingerprint density at radius 2 is 2.00 bits per heavy atom. The molecule has 1 N–H and O–H groups in total. The van der Waals surface area contributed by atoms with Crippen LogP contribution in [0.1, 0.15) is 32.3 Å². The van der Waals surface area contributed by atoms with E-state index in [-0.39, 0.29) is 5.54 Å². The number of benzene rings is 1. The van der Waals surface area contributed by atoms with E-state index < -0.39 is 0 Å². The normalized spacial score (nSPS) is 24.8. The third kappa shape index (κ3) is 2.70. The SMILES string of the molecule is CNC1CCCN(Cc2ccccc2)C1(C)C. The maximum atomic E-state index is 3.47. The number of rotatable bonds is 3. The van der Waals surface area contributed by atoms with Gasteiger partial charge in [0.1, 0.15) is 0 Å². The Balaban J connectivity index is 2.10. The molecule has 0 radical (unpaired) electrons. The number of nitrogens with zero attached hydrogens (tertiary/aromatic N) is 1. The first-order valence-corrected chi connectivity index (χ1v) is 6.61. The van der Waals surface area contributed by atoms with Crippen molar-refractivity contribution in [2.24, 2.45) is 0 Å². The molecule has 2 rings (SSSR count). The van der Waals surface area contributed by atoms with Gasteiger partial charge >= 0.3 is 0 Å². The van der Waals surface area contributed by atoms with Crippen molar-refractivity contribution in [3.8, 4) is 0 Å². The molecule has 2 nitrogen and oxygen atoms in total. The predicted molar refractivity (Wildman–Crippen MR) is 73.0 cm³/mol. The average Bonchev–Trinajstić information content (AvgIpc) is 2.33. The van der Waals surface area contributed by atoms with E-state index in [1.54, 1.807) is 0 Å². The van der Waals surface area contributed by atoms with Gasteiger partial charge in [-0.15, -0.1) is 0 Å². The predicted octanol–water partition coefficient (Wildman–Crippen LogP) is 2.65. The molecular formula is C15H24N2. The van der Waals surface area contributed by atoms with Crippen molar-refractivity contribution in [1.29, 1.82) is 0 Å². The first-order chi connectivity index (χ1) is 8.14. The minimum Gasteiger partial charge on any atom is -0.315 e. The van der Waals surface area contributed by atoms with E-state index in [1.807, 2.05) is 0 Å². The summed E-state index contributed by atoms with van der Waals surface area (Å²) in [6, 6.07) is 11.4. The Labute approximate surface area is 105 Å². The summed E-state index contributed by atoms with van der Waals surface area (Å²) in [7, 11) is 2.08. The van der Waals surface area contributed by atoms with E-state index in [0.717, 1.165) is 6.54 Å². The lowest BCUT2D eigenvalue weighted by Gasteiger charge is -2.48. The molecule has 1 unspecified atom stereocenters. The summed E-state index contributed by atoms with van der Waals surface area (Å²) >= 11 is 0.